The van der Waals surface area contributed by atoms with E-state index >= 15 is 0 Å². The highest BCUT2D eigenvalue weighted by Crippen LogP contribution is 2.52. The first-order valence-electron chi connectivity index (χ1n) is 10.4. The van der Waals surface area contributed by atoms with Gasteiger partial charge < -0.3 is 21.1 Å². The molecule has 3 aliphatic carbocycles. The minimum Gasteiger partial charge on any atom is -0.506 e. The van der Waals surface area contributed by atoms with Crippen molar-refractivity contribution in [2.75, 3.05) is 0 Å². The summed E-state index contributed by atoms with van der Waals surface area (Å²) in [6.45, 7) is 0. The van der Waals surface area contributed by atoms with Crippen molar-refractivity contribution >= 4 is 16.9 Å². The van der Waals surface area contributed by atoms with Gasteiger partial charge in [0, 0.05) is 18.0 Å². The lowest BCUT2D eigenvalue weighted by Gasteiger charge is -2.27. The Morgan fingerprint density at radius 3 is 2.81 bits per heavy atom. The number of aromatic amines is 1. The molecule has 1 amide bonds. The summed E-state index contributed by atoms with van der Waals surface area (Å²) in [7, 11) is 0. The van der Waals surface area contributed by atoms with E-state index in [-0.39, 0.29) is 23.7 Å². The van der Waals surface area contributed by atoms with E-state index in [2.05, 4.69) is 10.3 Å². The Bertz CT molecular complexity index is 876. The molecule has 27 heavy (non-hydrogen) atoms. The van der Waals surface area contributed by atoms with E-state index in [1.54, 1.807) is 12.1 Å². The predicted molar refractivity (Wildman–Crippen MR) is 104 cm³/mol. The monoisotopic (exact) mass is 368 g/mol. The second-order valence-electron chi connectivity index (χ2n) is 8.86. The molecule has 2 aromatic rings. The number of phenolic OH excluding ortho intramolecular Hbond substituents is 1. The molecule has 3 fully saturated rings. The third-order valence-electron chi connectivity index (χ3n) is 7.03. The van der Waals surface area contributed by atoms with Crippen molar-refractivity contribution in [2.45, 2.75) is 69.4 Å². The average molecular weight is 368 g/mol. The number of hydrogen-bond acceptors (Lipinski definition) is 4. The van der Waals surface area contributed by atoms with Crippen molar-refractivity contribution in [3.8, 4) is 5.75 Å². The topological polar surface area (TPSA) is 104 Å². The molecule has 0 spiro atoms. The van der Waals surface area contributed by atoms with Crippen LogP contribution < -0.4 is 11.1 Å². The zero-order valence-electron chi connectivity index (χ0n) is 15.6. The summed E-state index contributed by atoms with van der Waals surface area (Å²) >= 11 is 0. The highest BCUT2D eigenvalue weighted by molar-refractivity contribution is 6.06. The molecule has 5 unspecified atom stereocenters. The number of rotatable bonds is 3. The summed E-state index contributed by atoms with van der Waals surface area (Å²) in [6, 6.07) is 3.56. The first-order chi connectivity index (χ1) is 13.1. The standard InChI is InChI=1S/C21H28N4O2/c22-13-2-1-3-14(10-13)23-21(27)15-6-7-17(26)19-18(15)24-20(25-19)16-9-11-4-5-12(16)8-11/h6-7,11-14,16,26H,1-5,8-10,22H2,(H,23,27)(H,24,25). The Balaban J connectivity index is 1.44. The van der Waals surface area contributed by atoms with Crippen LogP contribution in [0, 0.1) is 11.8 Å². The van der Waals surface area contributed by atoms with Crippen molar-refractivity contribution in [2.24, 2.45) is 17.6 Å². The molecule has 1 heterocycles. The van der Waals surface area contributed by atoms with Gasteiger partial charge in [-0.25, -0.2) is 4.98 Å². The third-order valence-corrected chi connectivity index (χ3v) is 7.03. The summed E-state index contributed by atoms with van der Waals surface area (Å²) in [5.41, 5.74) is 7.76. The molecule has 5 atom stereocenters. The van der Waals surface area contributed by atoms with Gasteiger partial charge in [-0.05, 0) is 68.9 Å². The molecule has 144 valence electrons. The van der Waals surface area contributed by atoms with Gasteiger partial charge in [0.2, 0.25) is 0 Å². The maximum Gasteiger partial charge on any atom is 0.253 e. The van der Waals surface area contributed by atoms with Crippen molar-refractivity contribution < 1.29 is 9.90 Å². The highest BCUT2D eigenvalue weighted by atomic mass is 16.3. The number of fused-ring (bicyclic) bond motifs is 3. The smallest absolute Gasteiger partial charge is 0.253 e. The van der Waals surface area contributed by atoms with Gasteiger partial charge in [-0.1, -0.05) is 6.42 Å². The quantitative estimate of drug-likeness (QED) is 0.668. The molecule has 3 saturated carbocycles. The van der Waals surface area contributed by atoms with Crippen LogP contribution in [0.1, 0.15) is 73.5 Å². The first-order valence-corrected chi connectivity index (χ1v) is 10.4. The number of carbonyl (C=O) groups excluding carboxylic acids is 1. The number of nitrogens with two attached hydrogens (primary N) is 1. The van der Waals surface area contributed by atoms with E-state index in [4.69, 9.17) is 10.7 Å². The number of H-pyrrole nitrogens is 1. The van der Waals surface area contributed by atoms with E-state index in [1.807, 2.05) is 0 Å². The molecule has 5 N–H and O–H groups in total. The first kappa shape index (κ1) is 17.0. The van der Waals surface area contributed by atoms with Crippen LogP contribution in [0.3, 0.4) is 0 Å². The van der Waals surface area contributed by atoms with E-state index in [0.717, 1.165) is 37.4 Å². The number of aromatic hydroxyl groups is 1. The Kier molecular flexibility index (Phi) is 4.11. The molecule has 1 aromatic heterocycles. The fraction of sp³-hybridized carbons (Fsp3) is 0.619. The molecule has 0 saturated heterocycles. The van der Waals surface area contributed by atoms with Crippen molar-refractivity contribution in [3.05, 3.63) is 23.5 Å². The van der Waals surface area contributed by atoms with Crippen LogP contribution >= 0.6 is 0 Å². The van der Waals surface area contributed by atoms with Crippen LogP contribution in [0.5, 0.6) is 5.75 Å². The van der Waals surface area contributed by atoms with Gasteiger partial charge in [0.1, 0.15) is 22.6 Å². The van der Waals surface area contributed by atoms with E-state index in [9.17, 15) is 9.90 Å². The fourth-order valence-corrected chi connectivity index (χ4v) is 5.66. The number of imidazole rings is 1. The Hall–Kier alpha value is -2.08. The van der Waals surface area contributed by atoms with Gasteiger partial charge in [0.15, 0.2) is 0 Å². The van der Waals surface area contributed by atoms with Crippen molar-refractivity contribution in [3.63, 3.8) is 0 Å². The fourth-order valence-electron chi connectivity index (χ4n) is 5.66. The normalized spacial score (nSPS) is 32.9. The molecular weight excluding hydrogens is 340 g/mol. The van der Waals surface area contributed by atoms with Crippen LogP contribution in [0.15, 0.2) is 12.1 Å². The van der Waals surface area contributed by atoms with Gasteiger partial charge in [0.25, 0.3) is 5.91 Å². The van der Waals surface area contributed by atoms with Gasteiger partial charge in [-0.15, -0.1) is 0 Å². The Morgan fingerprint density at radius 2 is 2.07 bits per heavy atom. The summed E-state index contributed by atoms with van der Waals surface area (Å²) in [6.07, 6.45) is 8.95. The molecule has 2 bridgehead atoms. The second kappa shape index (κ2) is 6.51. The van der Waals surface area contributed by atoms with Crippen molar-refractivity contribution in [1.82, 2.24) is 15.3 Å². The molecule has 1 aromatic carbocycles. The molecule has 0 aliphatic heterocycles. The maximum atomic E-state index is 12.9. The average Bonchev–Trinajstić information content (AvgIpc) is 3.37. The minimum atomic E-state index is -0.120. The van der Waals surface area contributed by atoms with Crippen molar-refractivity contribution in [1.29, 1.82) is 0 Å². The molecule has 0 radical (unpaired) electrons. The molecule has 5 rings (SSSR count). The van der Waals surface area contributed by atoms with Crippen LogP contribution in [0.2, 0.25) is 0 Å². The SMILES string of the molecule is NC1CCCC(NC(=O)c2ccc(O)c3[nH]c(C4CC5CCC4C5)nc23)C1. The summed E-state index contributed by atoms with van der Waals surface area (Å²) < 4.78 is 0. The number of carbonyl (C=O) groups is 1. The van der Waals surface area contributed by atoms with E-state index in [1.165, 1.54) is 25.7 Å². The lowest BCUT2D eigenvalue weighted by Crippen LogP contribution is -2.42. The summed E-state index contributed by atoms with van der Waals surface area (Å²) in [5, 5.41) is 13.4. The van der Waals surface area contributed by atoms with Crippen LogP contribution in [0.4, 0.5) is 0 Å². The molecule has 3 aliphatic rings. The lowest BCUT2D eigenvalue weighted by atomic mass is 9.88. The molecule has 6 heteroatoms. The molecular formula is C21H28N4O2. The largest absolute Gasteiger partial charge is 0.506 e. The lowest BCUT2D eigenvalue weighted by molar-refractivity contribution is 0.0927. The van der Waals surface area contributed by atoms with Gasteiger partial charge in [-0.3, -0.25) is 4.79 Å². The predicted octanol–water partition coefficient (Wildman–Crippen LogP) is 3.17. The zero-order valence-corrected chi connectivity index (χ0v) is 15.6. The number of benzene rings is 1. The number of nitrogens with zero attached hydrogens (tertiary/aromatic N) is 1. The van der Waals surface area contributed by atoms with Gasteiger partial charge in [-0.2, -0.15) is 0 Å². The molecule has 6 nitrogen and oxygen atoms in total. The van der Waals surface area contributed by atoms with E-state index in [0.29, 0.717) is 28.4 Å². The Labute approximate surface area is 158 Å². The second-order valence-corrected chi connectivity index (χ2v) is 8.86. The summed E-state index contributed by atoms with van der Waals surface area (Å²) in [5.74, 6) is 2.92. The zero-order chi connectivity index (χ0) is 18.5. The third kappa shape index (κ3) is 3.00. The number of nitrogens with one attached hydrogen (secondary N) is 2. The number of phenols is 1. The van der Waals surface area contributed by atoms with Crippen LogP contribution in [0.25, 0.3) is 11.0 Å². The van der Waals surface area contributed by atoms with Gasteiger partial charge >= 0.3 is 0 Å². The van der Waals surface area contributed by atoms with Crippen LogP contribution in [-0.4, -0.2) is 33.1 Å². The minimum absolute atomic E-state index is 0.120. The Morgan fingerprint density at radius 1 is 1.19 bits per heavy atom. The van der Waals surface area contributed by atoms with E-state index < -0.39 is 0 Å². The number of hydrogen-bond donors (Lipinski definition) is 4. The number of aromatic nitrogens is 2. The maximum absolute atomic E-state index is 12.9. The summed E-state index contributed by atoms with van der Waals surface area (Å²) in [4.78, 5) is 21.1. The number of amides is 1. The van der Waals surface area contributed by atoms with Crippen LogP contribution in [-0.2, 0) is 0 Å². The van der Waals surface area contributed by atoms with Gasteiger partial charge in [0.05, 0.1) is 5.56 Å². The highest BCUT2D eigenvalue weighted by Gasteiger charge is 2.41.